The molecule has 0 unspecified atom stereocenters. The minimum atomic E-state index is -1.83. The van der Waals surface area contributed by atoms with Gasteiger partial charge in [0.25, 0.3) is 0 Å². The zero-order valence-corrected chi connectivity index (χ0v) is 27.4. The summed E-state index contributed by atoms with van der Waals surface area (Å²) in [4.78, 5) is 17.9. The first-order valence-corrected chi connectivity index (χ1v) is 16.2. The number of carbonyl (C=O) groups is 1. The van der Waals surface area contributed by atoms with E-state index >= 15 is 4.39 Å². The van der Waals surface area contributed by atoms with Crippen molar-refractivity contribution in [3.05, 3.63) is 136 Å². The molecule has 0 bridgehead atoms. The quantitative estimate of drug-likeness (QED) is 0.142. The van der Waals surface area contributed by atoms with Crippen LogP contribution in [0, 0.1) is 40.1 Å². The second-order valence-corrected chi connectivity index (χ2v) is 12.8. The molecular weight excluding hydrogens is 671 g/mol. The second kappa shape index (κ2) is 16.4. The summed E-state index contributed by atoms with van der Waals surface area (Å²) in [6.07, 6.45) is 8.35. The van der Waals surface area contributed by atoms with Gasteiger partial charge in [0, 0.05) is 22.4 Å². The number of aliphatic hydroxyl groups excluding tert-OH is 1. The molecule has 1 aromatic heterocycles. The van der Waals surface area contributed by atoms with Crippen LogP contribution in [0.15, 0.2) is 85.5 Å². The highest BCUT2D eigenvalue weighted by atomic mass is 32.2. The van der Waals surface area contributed by atoms with E-state index in [2.05, 4.69) is 10.1 Å². The van der Waals surface area contributed by atoms with Gasteiger partial charge in [-0.2, -0.15) is 15.6 Å². The summed E-state index contributed by atoms with van der Waals surface area (Å²) in [5.74, 6) is -3.27. The molecular formula is C36H30F3N5O5S. The molecule has 1 aliphatic rings. The maximum Gasteiger partial charge on any atom is 0.339 e. The van der Waals surface area contributed by atoms with Crippen LogP contribution in [-0.4, -0.2) is 55.8 Å². The van der Waals surface area contributed by atoms with Crippen LogP contribution in [0.25, 0.3) is 6.08 Å². The van der Waals surface area contributed by atoms with Crippen molar-refractivity contribution in [1.82, 2.24) is 14.8 Å². The van der Waals surface area contributed by atoms with Gasteiger partial charge >= 0.3 is 5.97 Å². The van der Waals surface area contributed by atoms with Gasteiger partial charge < -0.3 is 19.3 Å². The van der Waals surface area contributed by atoms with Crippen molar-refractivity contribution in [1.29, 1.82) is 10.5 Å². The smallest absolute Gasteiger partial charge is 0.339 e. The molecule has 0 saturated carbocycles. The molecule has 0 aliphatic carbocycles. The first kappa shape index (κ1) is 36.0. The maximum atomic E-state index is 15.7. The molecule has 3 aromatic carbocycles. The Kier molecular flexibility index (Phi) is 11.8. The summed E-state index contributed by atoms with van der Waals surface area (Å²) >= 11 is 1.29. The average Bonchev–Trinajstić information content (AvgIpc) is 3.63. The Morgan fingerprint density at radius 1 is 1.08 bits per heavy atom. The third-order valence-corrected chi connectivity index (χ3v) is 9.33. The van der Waals surface area contributed by atoms with Gasteiger partial charge in [-0.1, -0.05) is 30.4 Å². The first-order chi connectivity index (χ1) is 24.1. The van der Waals surface area contributed by atoms with Gasteiger partial charge in [0.05, 0.1) is 60.4 Å². The van der Waals surface area contributed by atoms with E-state index in [-0.39, 0.29) is 52.8 Å². The van der Waals surface area contributed by atoms with Crippen molar-refractivity contribution in [2.24, 2.45) is 0 Å². The number of ether oxygens (including phenoxy) is 3. The molecule has 50 heavy (non-hydrogen) atoms. The van der Waals surface area contributed by atoms with Crippen LogP contribution in [-0.2, 0) is 33.0 Å². The molecule has 0 spiro atoms. The Bertz CT molecular complexity index is 1970. The Balaban J connectivity index is 1.38. The third-order valence-electron chi connectivity index (χ3n) is 7.89. The highest BCUT2D eigenvalue weighted by Gasteiger charge is 2.47. The summed E-state index contributed by atoms with van der Waals surface area (Å²) in [5.41, 5.74) is -1.19. The van der Waals surface area contributed by atoms with E-state index in [1.54, 1.807) is 31.2 Å². The molecule has 1 fully saturated rings. The summed E-state index contributed by atoms with van der Waals surface area (Å²) in [5, 5.41) is 31.4. The first-order valence-electron chi connectivity index (χ1n) is 15.2. The number of aromatic nitrogens is 3. The van der Waals surface area contributed by atoms with Gasteiger partial charge in [0.1, 0.15) is 30.1 Å². The van der Waals surface area contributed by atoms with Crippen LogP contribution in [0.3, 0.4) is 0 Å². The number of allylic oxidation sites excluding steroid dienone is 2. The fourth-order valence-electron chi connectivity index (χ4n) is 5.32. The minimum Gasteiger partial charge on any atom is -0.447 e. The third kappa shape index (κ3) is 8.48. The number of hydrogen-bond donors (Lipinski definition) is 1. The van der Waals surface area contributed by atoms with Crippen LogP contribution >= 0.6 is 11.8 Å². The maximum absolute atomic E-state index is 15.7. The van der Waals surface area contributed by atoms with Gasteiger partial charge in [0.15, 0.2) is 11.9 Å². The lowest BCUT2D eigenvalue weighted by atomic mass is 9.89. The molecule has 10 nitrogen and oxygen atoms in total. The summed E-state index contributed by atoms with van der Waals surface area (Å²) in [7, 11) is 0. The van der Waals surface area contributed by atoms with E-state index in [4.69, 9.17) is 19.5 Å². The largest absolute Gasteiger partial charge is 0.447 e. The number of nitriles is 2. The molecule has 0 amide bonds. The number of hydrogen-bond acceptors (Lipinski definition) is 10. The number of rotatable bonds is 12. The molecule has 1 aliphatic heterocycles. The van der Waals surface area contributed by atoms with Crippen LogP contribution in [0.5, 0.6) is 0 Å². The topological polar surface area (TPSA) is 143 Å². The van der Waals surface area contributed by atoms with Crippen molar-refractivity contribution in [3.8, 4) is 12.1 Å². The van der Waals surface area contributed by atoms with Gasteiger partial charge in [0.2, 0.25) is 0 Å². The van der Waals surface area contributed by atoms with Gasteiger partial charge in [-0.15, -0.1) is 11.8 Å². The SMILES string of the molecule is C[C@@H](S[C@H]1CO[C@H](/C=C/C=C/c2ccc(C#N)cc2F)OC1)[C@@](Cn1cncn1)(OC(=O)c1cc(C#N)ccc1CO)c1ccc(F)cc1F. The zero-order chi connectivity index (χ0) is 35.7. The van der Waals surface area contributed by atoms with Gasteiger partial charge in [-0.3, -0.25) is 0 Å². The number of nitrogens with zero attached hydrogens (tertiary/aromatic N) is 5. The highest BCUT2D eigenvalue weighted by Crippen LogP contribution is 2.42. The number of benzene rings is 3. The average molecular weight is 702 g/mol. The van der Waals surface area contributed by atoms with Crippen molar-refractivity contribution in [2.45, 2.75) is 42.5 Å². The van der Waals surface area contributed by atoms with Crippen molar-refractivity contribution in [2.75, 3.05) is 13.2 Å². The molecule has 5 rings (SSSR count). The number of aliphatic hydroxyl groups is 1. The fraction of sp³-hybridized carbons (Fsp3) is 0.250. The lowest BCUT2D eigenvalue weighted by Gasteiger charge is -2.40. The normalized spacial score (nSPS) is 18.0. The van der Waals surface area contributed by atoms with Crippen LogP contribution in [0.2, 0.25) is 0 Å². The summed E-state index contributed by atoms with van der Waals surface area (Å²) < 4.78 is 63.4. The monoisotopic (exact) mass is 701 g/mol. The van der Waals surface area contributed by atoms with Crippen molar-refractivity contribution < 1.29 is 37.3 Å². The number of thioether (sulfide) groups is 1. The summed E-state index contributed by atoms with van der Waals surface area (Å²) in [6.45, 7) is 1.34. The Labute approximate surface area is 290 Å². The number of carbonyl (C=O) groups excluding carboxylic acids is 1. The Morgan fingerprint density at radius 2 is 1.82 bits per heavy atom. The molecule has 256 valence electrons. The van der Waals surface area contributed by atoms with E-state index in [0.717, 1.165) is 12.1 Å². The van der Waals surface area contributed by atoms with Gasteiger partial charge in [-0.05, 0) is 55.0 Å². The molecule has 0 radical (unpaired) electrons. The standard InChI is InChI=1S/C36H30F3N5O5S/c1-23(50-29-18-47-34(48-19-29)5-3-2-4-26-8-6-25(16-41)13-32(26)38)36(20-44-22-42-21-43-44,31-11-10-28(37)14-33(31)39)49-35(46)30-12-24(15-40)7-9-27(30)17-45/h2-14,21-23,29,34,45H,17-20H2,1H3/b4-2+,5-3+/t23-,29-,34-,36-/m1/s1. The number of halogens is 3. The van der Waals surface area contributed by atoms with E-state index in [0.29, 0.717) is 11.6 Å². The molecule has 2 atom stereocenters. The number of esters is 1. The van der Waals surface area contributed by atoms with Gasteiger partial charge in [-0.25, -0.2) is 27.6 Å². The highest BCUT2D eigenvalue weighted by molar-refractivity contribution is 8.00. The second-order valence-electron chi connectivity index (χ2n) is 11.2. The predicted octanol–water partition coefficient (Wildman–Crippen LogP) is 5.82. The zero-order valence-electron chi connectivity index (χ0n) is 26.6. The molecule has 1 saturated heterocycles. The van der Waals surface area contributed by atoms with E-state index in [9.17, 15) is 23.9 Å². The lowest BCUT2D eigenvalue weighted by molar-refractivity contribution is -0.146. The van der Waals surface area contributed by atoms with Crippen LogP contribution in [0.1, 0.15) is 45.1 Å². The molecule has 1 N–H and O–H groups in total. The summed E-state index contributed by atoms with van der Waals surface area (Å²) in [6, 6.07) is 15.1. The molecule has 2 heterocycles. The lowest BCUT2D eigenvalue weighted by Crippen LogP contribution is -2.47. The Morgan fingerprint density at radius 3 is 2.48 bits per heavy atom. The van der Waals surface area contributed by atoms with Crippen LogP contribution < -0.4 is 0 Å². The molecule has 4 aromatic rings. The molecule has 14 heteroatoms. The van der Waals surface area contributed by atoms with E-state index in [1.165, 1.54) is 65.5 Å². The van der Waals surface area contributed by atoms with Crippen LogP contribution in [0.4, 0.5) is 13.2 Å². The fourth-order valence-corrected chi connectivity index (χ4v) is 6.68. The minimum absolute atomic E-state index is 0.0934. The van der Waals surface area contributed by atoms with Crippen molar-refractivity contribution >= 4 is 23.8 Å². The van der Waals surface area contributed by atoms with E-state index in [1.807, 2.05) is 12.1 Å². The van der Waals surface area contributed by atoms with E-state index < -0.39 is 47.2 Å². The predicted molar refractivity (Wildman–Crippen MR) is 176 cm³/mol. The van der Waals surface area contributed by atoms with Crippen molar-refractivity contribution in [3.63, 3.8) is 0 Å². The Hall–Kier alpha value is -5.25.